The molecular weight excluding hydrogens is 340 g/mol. The van der Waals surface area contributed by atoms with Gasteiger partial charge in [-0.15, -0.1) is 0 Å². The van der Waals surface area contributed by atoms with E-state index in [1.54, 1.807) is 0 Å². The van der Waals surface area contributed by atoms with E-state index >= 15 is 0 Å². The molecule has 0 aliphatic carbocycles. The summed E-state index contributed by atoms with van der Waals surface area (Å²) in [4.78, 5) is 0. The molecule has 0 fully saturated rings. The van der Waals surface area contributed by atoms with E-state index in [0.717, 1.165) is 47.4 Å². The van der Waals surface area contributed by atoms with Crippen LogP contribution in [0.3, 0.4) is 0 Å². The second-order valence-corrected chi connectivity index (χ2v) is 6.16. The van der Waals surface area contributed by atoms with Gasteiger partial charge in [-0.2, -0.15) is 0 Å². The molecule has 0 bridgehead atoms. The van der Waals surface area contributed by atoms with Gasteiger partial charge in [-0.25, -0.2) is 0 Å². The standard InChI is InChI=1S/C18H23BrN2O/c1-14-16(19)9-10-17(18(14)20)21-11-5-6-12-22-13-15-7-3-2-4-8-15/h2-4,7-10,21H,5-6,11-13,20H2,1H3. The number of hydrogen-bond acceptors (Lipinski definition) is 3. The Balaban J connectivity index is 1.61. The lowest BCUT2D eigenvalue weighted by atomic mass is 10.1. The predicted octanol–water partition coefficient (Wildman–Crippen LogP) is 4.75. The first-order chi connectivity index (χ1) is 10.7. The second-order valence-electron chi connectivity index (χ2n) is 5.31. The molecule has 2 aromatic rings. The van der Waals surface area contributed by atoms with Gasteiger partial charge in [0.25, 0.3) is 0 Å². The van der Waals surface area contributed by atoms with Crippen molar-refractivity contribution in [2.24, 2.45) is 0 Å². The van der Waals surface area contributed by atoms with Gasteiger partial charge in [0.2, 0.25) is 0 Å². The topological polar surface area (TPSA) is 47.3 Å². The maximum Gasteiger partial charge on any atom is 0.0716 e. The first kappa shape index (κ1) is 16.8. The number of benzene rings is 2. The van der Waals surface area contributed by atoms with Crippen LogP contribution in [-0.4, -0.2) is 13.2 Å². The Hall–Kier alpha value is -1.52. The highest BCUT2D eigenvalue weighted by Crippen LogP contribution is 2.28. The first-order valence-corrected chi connectivity index (χ1v) is 8.38. The zero-order chi connectivity index (χ0) is 15.8. The summed E-state index contributed by atoms with van der Waals surface area (Å²) in [6.07, 6.45) is 2.10. The van der Waals surface area contributed by atoms with Crippen molar-refractivity contribution in [3.8, 4) is 0 Å². The maximum atomic E-state index is 6.09. The van der Waals surface area contributed by atoms with Gasteiger partial charge in [-0.3, -0.25) is 0 Å². The molecule has 0 aliphatic heterocycles. The first-order valence-electron chi connectivity index (χ1n) is 7.58. The van der Waals surface area contributed by atoms with E-state index in [0.29, 0.717) is 6.61 Å². The van der Waals surface area contributed by atoms with Crippen molar-refractivity contribution < 1.29 is 4.74 Å². The Bertz CT molecular complexity index is 587. The Morgan fingerprint density at radius 3 is 2.64 bits per heavy atom. The fourth-order valence-electron chi connectivity index (χ4n) is 2.17. The van der Waals surface area contributed by atoms with Crippen molar-refractivity contribution in [2.45, 2.75) is 26.4 Å². The highest BCUT2D eigenvalue weighted by Gasteiger charge is 2.04. The number of ether oxygens (including phenoxy) is 1. The Kier molecular flexibility index (Phi) is 6.74. The van der Waals surface area contributed by atoms with E-state index in [2.05, 4.69) is 33.4 Å². The van der Waals surface area contributed by atoms with Crippen molar-refractivity contribution >= 4 is 27.3 Å². The molecule has 0 atom stereocenters. The fraction of sp³-hybridized carbons (Fsp3) is 0.333. The summed E-state index contributed by atoms with van der Waals surface area (Å²) in [6.45, 7) is 4.39. The molecule has 0 heterocycles. The molecule has 118 valence electrons. The molecule has 0 saturated heterocycles. The summed E-state index contributed by atoms with van der Waals surface area (Å²) in [5.74, 6) is 0. The SMILES string of the molecule is Cc1c(Br)ccc(NCCCCOCc2ccccc2)c1N. The van der Waals surface area contributed by atoms with Gasteiger partial charge in [-0.1, -0.05) is 46.3 Å². The van der Waals surface area contributed by atoms with Crippen molar-refractivity contribution in [3.05, 3.63) is 58.1 Å². The molecule has 0 aromatic heterocycles. The van der Waals surface area contributed by atoms with Crippen LogP contribution in [0.15, 0.2) is 46.9 Å². The summed E-state index contributed by atoms with van der Waals surface area (Å²) in [5, 5.41) is 3.39. The summed E-state index contributed by atoms with van der Waals surface area (Å²) in [6, 6.07) is 14.3. The van der Waals surface area contributed by atoms with E-state index in [1.165, 1.54) is 5.56 Å². The molecule has 0 saturated carbocycles. The van der Waals surface area contributed by atoms with Crippen LogP contribution in [-0.2, 0) is 11.3 Å². The third-order valence-electron chi connectivity index (χ3n) is 3.59. The minimum absolute atomic E-state index is 0.688. The zero-order valence-electron chi connectivity index (χ0n) is 12.9. The highest BCUT2D eigenvalue weighted by molar-refractivity contribution is 9.10. The van der Waals surface area contributed by atoms with Gasteiger partial charge in [-0.05, 0) is 43.0 Å². The smallest absolute Gasteiger partial charge is 0.0716 e. The van der Waals surface area contributed by atoms with Crippen LogP contribution in [0.5, 0.6) is 0 Å². The van der Waals surface area contributed by atoms with Crippen LogP contribution in [0.4, 0.5) is 11.4 Å². The number of nitrogen functional groups attached to an aromatic ring is 1. The quantitative estimate of drug-likeness (QED) is 0.526. The van der Waals surface area contributed by atoms with Gasteiger partial charge in [0.15, 0.2) is 0 Å². The molecule has 0 radical (unpaired) electrons. The van der Waals surface area contributed by atoms with Gasteiger partial charge in [0.1, 0.15) is 0 Å². The fourth-order valence-corrected chi connectivity index (χ4v) is 2.52. The second kappa shape index (κ2) is 8.81. The number of nitrogens with one attached hydrogen (secondary N) is 1. The maximum absolute atomic E-state index is 6.09. The lowest BCUT2D eigenvalue weighted by Gasteiger charge is -2.12. The number of hydrogen-bond donors (Lipinski definition) is 2. The predicted molar refractivity (Wildman–Crippen MR) is 97.1 cm³/mol. The summed E-state index contributed by atoms with van der Waals surface area (Å²) < 4.78 is 6.72. The number of anilines is 2. The van der Waals surface area contributed by atoms with E-state index in [9.17, 15) is 0 Å². The van der Waals surface area contributed by atoms with E-state index in [-0.39, 0.29) is 0 Å². The summed E-state index contributed by atoms with van der Waals surface area (Å²) >= 11 is 3.49. The van der Waals surface area contributed by atoms with Crippen LogP contribution >= 0.6 is 15.9 Å². The van der Waals surface area contributed by atoms with Gasteiger partial charge >= 0.3 is 0 Å². The molecule has 0 amide bonds. The Labute approximate surface area is 141 Å². The number of unbranched alkanes of at least 4 members (excludes halogenated alkanes) is 1. The van der Waals surface area contributed by atoms with Crippen LogP contribution in [0.2, 0.25) is 0 Å². The lowest BCUT2D eigenvalue weighted by molar-refractivity contribution is 0.118. The molecule has 22 heavy (non-hydrogen) atoms. The molecule has 3 nitrogen and oxygen atoms in total. The molecule has 3 N–H and O–H groups in total. The average Bonchev–Trinajstić information content (AvgIpc) is 2.54. The molecule has 0 spiro atoms. The minimum Gasteiger partial charge on any atom is -0.397 e. The zero-order valence-corrected chi connectivity index (χ0v) is 14.5. The van der Waals surface area contributed by atoms with Crippen LogP contribution in [0, 0.1) is 6.92 Å². The van der Waals surface area contributed by atoms with Gasteiger partial charge < -0.3 is 15.8 Å². The largest absolute Gasteiger partial charge is 0.397 e. The number of rotatable bonds is 8. The molecule has 4 heteroatoms. The van der Waals surface area contributed by atoms with Crippen LogP contribution < -0.4 is 11.1 Å². The van der Waals surface area contributed by atoms with Crippen LogP contribution in [0.25, 0.3) is 0 Å². The van der Waals surface area contributed by atoms with Gasteiger partial charge in [0.05, 0.1) is 18.0 Å². The van der Waals surface area contributed by atoms with E-state index in [1.807, 2.05) is 37.3 Å². The highest BCUT2D eigenvalue weighted by atomic mass is 79.9. The van der Waals surface area contributed by atoms with Crippen molar-refractivity contribution in [2.75, 3.05) is 24.2 Å². The Morgan fingerprint density at radius 2 is 1.86 bits per heavy atom. The molecule has 2 aromatic carbocycles. The third kappa shape index (κ3) is 5.04. The van der Waals surface area contributed by atoms with Crippen molar-refractivity contribution in [1.82, 2.24) is 0 Å². The Morgan fingerprint density at radius 1 is 1.09 bits per heavy atom. The van der Waals surface area contributed by atoms with Crippen molar-refractivity contribution in [3.63, 3.8) is 0 Å². The minimum atomic E-state index is 0.688. The summed E-state index contributed by atoms with van der Waals surface area (Å²) in [7, 11) is 0. The molecule has 0 unspecified atom stereocenters. The third-order valence-corrected chi connectivity index (χ3v) is 4.45. The van der Waals surface area contributed by atoms with E-state index in [4.69, 9.17) is 10.5 Å². The summed E-state index contributed by atoms with van der Waals surface area (Å²) in [5.41, 5.74) is 10.2. The van der Waals surface area contributed by atoms with Gasteiger partial charge in [0, 0.05) is 17.6 Å². The molecule has 2 rings (SSSR count). The molecular formula is C18H23BrN2O. The van der Waals surface area contributed by atoms with Crippen LogP contribution in [0.1, 0.15) is 24.0 Å². The lowest BCUT2D eigenvalue weighted by Crippen LogP contribution is -2.06. The normalized spacial score (nSPS) is 10.6. The average molecular weight is 363 g/mol. The number of halogens is 1. The van der Waals surface area contributed by atoms with Crippen molar-refractivity contribution in [1.29, 1.82) is 0 Å². The number of nitrogens with two attached hydrogens (primary N) is 1. The van der Waals surface area contributed by atoms with E-state index < -0.39 is 0 Å². The monoisotopic (exact) mass is 362 g/mol. The molecule has 0 aliphatic rings.